The summed E-state index contributed by atoms with van der Waals surface area (Å²) >= 11 is 0. The largest absolute Gasteiger partial charge is 0.336 e. The molecule has 1 fully saturated rings. The van der Waals surface area contributed by atoms with Crippen LogP contribution in [-0.4, -0.2) is 19.5 Å². The van der Waals surface area contributed by atoms with Gasteiger partial charge in [0, 0.05) is 13.0 Å². The number of fused-ring (bicyclic) bond motifs is 1. The Morgan fingerprint density at radius 1 is 1.25 bits per heavy atom. The molecule has 2 aromatic rings. The third kappa shape index (κ3) is 1.90. The van der Waals surface area contributed by atoms with Gasteiger partial charge in [0.25, 0.3) is 5.56 Å². The third-order valence-corrected chi connectivity index (χ3v) is 4.61. The minimum absolute atomic E-state index is 0.164. The lowest BCUT2D eigenvalue weighted by Crippen LogP contribution is -2.28. The van der Waals surface area contributed by atoms with E-state index >= 15 is 0 Å². The van der Waals surface area contributed by atoms with Crippen molar-refractivity contribution in [1.29, 1.82) is 0 Å². The van der Waals surface area contributed by atoms with Crippen LogP contribution in [0.4, 0.5) is 0 Å². The topological polar surface area (TPSA) is 83.5 Å². The summed E-state index contributed by atoms with van der Waals surface area (Å²) in [5.41, 5.74) is 0.176. The normalized spacial score (nSPS) is 22.2. The van der Waals surface area contributed by atoms with E-state index in [4.69, 9.17) is 0 Å². The molecule has 0 saturated heterocycles. The molecule has 20 heavy (non-hydrogen) atoms. The van der Waals surface area contributed by atoms with Crippen LogP contribution < -0.4 is 11.2 Å². The van der Waals surface area contributed by atoms with E-state index in [9.17, 15) is 9.59 Å². The quantitative estimate of drug-likeness (QED) is 0.830. The molecule has 1 aliphatic carbocycles. The lowest BCUT2D eigenvalue weighted by molar-refractivity contribution is 0.193. The summed E-state index contributed by atoms with van der Waals surface area (Å²) in [6.45, 7) is 4.49. The predicted molar refractivity (Wildman–Crippen MR) is 76.9 cm³/mol. The number of aromatic nitrogens is 4. The summed E-state index contributed by atoms with van der Waals surface area (Å²) in [6.07, 6.45) is 4.64. The van der Waals surface area contributed by atoms with Crippen LogP contribution in [-0.2, 0) is 7.05 Å². The molecule has 1 unspecified atom stereocenters. The van der Waals surface area contributed by atoms with Crippen molar-refractivity contribution in [2.24, 2.45) is 12.5 Å². The Hall–Kier alpha value is -1.85. The van der Waals surface area contributed by atoms with Crippen LogP contribution in [0.15, 0.2) is 9.59 Å². The second-order valence-corrected chi connectivity index (χ2v) is 6.43. The molecule has 2 aromatic heterocycles. The second kappa shape index (κ2) is 4.33. The summed E-state index contributed by atoms with van der Waals surface area (Å²) in [5, 5.41) is 0. The fraction of sp³-hybridized carbons (Fsp3) is 0.643. The monoisotopic (exact) mass is 276 g/mol. The van der Waals surface area contributed by atoms with E-state index in [0.29, 0.717) is 17.1 Å². The maximum absolute atomic E-state index is 11.9. The molecule has 0 aromatic carbocycles. The van der Waals surface area contributed by atoms with Gasteiger partial charge in [-0.15, -0.1) is 0 Å². The molecule has 1 aliphatic rings. The number of rotatable bonds is 1. The van der Waals surface area contributed by atoms with Gasteiger partial charge in [-0.25, -0.2) is 9.78 Å². The van der Waals surface area contributed by atoms with Crippen molar-refractivity contribution in [3.8, 4) is 0 Å². The first-order chi connectivity index (χ1) is 9.40. The highest BCUT2D eigenvalue weighted by atomic mass is 16.2. The number of aromatic amines is 2. The number of hydrogen-bond donors (Lipinski definition) is 2. The maximum atomic E-state index is 11.9. The average Bonchev–Trinajstić information content (AvgIpc) is 2.81. The Kier molecular flexibility index (Phi) is 2.84. The molecule has 0 aliphatic heterocycles. The highest BCUT2D eigenvalue weighted by Crippen LogP contribution is 2.45. The Labute approximate surface area is 116 Å². The maximum Gasteiger partial charge on any atom is 0.329 e. The standard InChI is InChI=1S/C14H20N4O2/c1-14(2)7-5-4-6-8(14)10-15-9-11(16-10)18(3)13(20)17-12(9)19/h8H,4-7H2,1-3H3,(H,15,16)(H,17,19,20). The van der Waals surface area contributed by atoms with Gasteiger partial charge >= 0.3 is 5.69 Å². The Morgan fingerprint density at radius 3 is 2.70 bits per heavy atom. The van der Waals surface area contributed by atoms with E-state index < -0.39 is 11.2 Å². The molecule has 3 rings (SSSR count). The molecule has 6 nitrogen and oxygen atoms in total. The molecule has 0 radical (unpaired) electrons. The van der Waals surface area contributed by atoms with Crippen molar-refractivity contribution in [2.45, 2.75) is 45.4 Å². The fourth-order valence-electron chi connectivity index (χ4n) is 3.29. The van der Waals surface area contributed by atoms with E-state index in [-0.39, 0.29) is 5.41 Å². The number of nitrogens with one attached hydrogen (secondary N) is 2. The van der Waals surface area contributed by atoms with Gasteiger partial charge in [0.1, 0.15) is 11.3 Å². The lowest BCUT2D eigenvalue weighted by atomic mass is 9.68. The van der Waals surface area contributed by atoms with Crippen LogP contribution in [0.5, 0.6) is 0 Å². The number of nitrogens with zero attached hydrogens (tertiary/aromatic N) is 2. The molecule has 1 atom stereocenters. The van der Waals surface area contributed by atoms with Crippen LogP contribution in [0.25, 0.3) is 11.2 Å². The summed E-state index contributed by atoms with van der Waals surface area (Å²) in [6, 6.07) is 0. The van der Waals surface area contributed by atoms with Gasteiger partial charge in [-0.3, -0.25) is 14.3 Å². The highest BCUT2D eigenvalue weighted by Gasteiger charge is 2.35. The molecule has 2 N–H and O–H groups in total. The minimum atomic E-state index is -0.427. The van der Waals surface area contributed by atoms with Gasteiger partial charge in [-0.2, -0.15) is 0 Å². The van der Waals surface area contributed by atoms with Gasteiger partial charge in [0.05, 0.1) is 0 Å². The SMILES string of the molecule is Cn1c(=O)[nH]c(=O)c2[nH]c(C3CCCCC3(C)C)nc21. The zero-order valence-corrected chi connectivity index (χ0v) is 12.1. The van der Waals surface area contributed by atoms with Gasteiger partial charge in [-0.1, -0.05) is 26.7 Å². The summed E-state index contributed by atoms with van der Waals surface area (Å²) in [5.74, 6) is 1.13. The zero-order chi connectivity index (χ0) is 14.5. The van der Waals surface area contributed by atoms with Crippen LogP contribution in [0.1, 0.15) is 51.3 Å². The summed E-state index contributed by atoms with van der Waals surface area (Å²) in [7, 11) is 1.62. The number of imidazole rings is 1. The zero-order valence-electron chi connectivity index (χ0n) is 12.1. The minimum Gasteiger partial charge on any atom is -0.336 e. The van der Waals surface area contributed by atoms with Gasteiger partial charge < -0.3 is 4.98 Å². The van der Waals surface area contributed by atoms with Crippen LogP contribution in [0.2, 0.25) is 0 Å². The number of H-pyrrole nitrogens is 2. The molecular weight excluding hydrogens is 256 g/mol. The molecular formula is C14H20N4O2. The van der Waals surface area contributed by atoms with Crippen LogP contribution in [0, 0.1) is 5.41 Å². The lowest BCUT2D eigenvalue weighted by Gasteiger charge is -2.37. The fourth-order valence-corrected chi connectivity index (χ4v) is 3.29. The van der Waals surface area contributed by atoms with Crippen LogP contribution >= 0.6 is 0 Å². The molecule has 108 valence electrons. The molecule has 0 bridgehead atoms. The highest BCUT2D eigenvalue weighted by molar-refractivity contribution is 5.69. The summed E-state index contributed by atoms with van der Waals surface area (Å²) < 4.78 is 1.38. The van der Waals surface area contributed by atoms with Gasteiger partial charge in [0.2, 0.25) is 0 Å². The predicted octanol–water partition coefficient (Wildman–Crippen LogP) is 1.63. The average molecular weight is 276 g/mol. The van der Waals surface area contributed by atoms with Gasteiger partial charge in [-0.05, 0) is 18.3 Å². The van der Waals surface area contributed by atoms with E-state index in [1.807, 2.05) is 0 Å². The van der Waals surface area contributed by atoms with Crippen molar-refractivity contribution < 1.29 is 0 Å². The molecule has 1 saturated carbocycles. The summed E-state index contributed by atoms with van der Waals surface area (Å²) in [4.78, 5) is 33.5. The number of hydrogen-bond acceptors (Lipinski definition) is 3. The smallest absolute Gasteiger partial charge is 0.329 e. The van der Waals surface area contributed by atoms with E-state index in [1.54, 1.807) is 7.05 Å². The Bertz CT molecular complexity index is 766. The van der Waals surface area contributed by atoms with Crippen molar-refractivity contribution >= 4 is 11.2 Å². The Balaban J connectivity index is 2.19. The second-order valence-electron chi connectivity index (χ2n) is 6.43. The van der Waals surface area contributed by atoms with Crippen molar-refractivity contribution in [2.75, 3.05) is 0 Å². The Morgan fingerprint density at radius 2 is 2.00 bits per heavy atom. The van der Waals surface area contributed by atoms with Gasteiger partial charge in [0.15, 0.2) is 5.65 Å². The van der Waals surface area contributed by atoms with E-state index in [0.717, 1.165) is 18.7 Å². The van der Waals surface area contributed by atoms with E-state index in [2.05, 4.69) is 28.8 Å². The first kappa shape index (κ1) is 13.1. The van der Waals surface area contributed by atoms with Crippen LogP contribution in [0.3, 0.4) is 0 Å². The molecule has 0 spiro atoms. The van der Waals surface area contributed by atoms with Crippen molar-refractivity contribution in [1.82, 2.24) is 19.5 Å². The molecule has 0 amide bonds. The van der Waals surface area contributed by atoms with E-state index in [1.165, 1.54) is 17.4 Å². The first-order valence-electron chi connectivity index (χ1n) is 7.09. The number of aryl methyl sites for hydroxylation is 1. The van der Waals surface area contributed by atoms with Crippen molar-refractivity contribution in [3.63, 3.8) is 0 Å². The molecule has 6 heteroatoms. The first-order valence-corrected chi connectivity index (χ1v) is 7.09. The van der Waals surface area contributed by atoms with Crippen molar-refractivity contribution in [3.05, 3.63) is 26.7 Å². The molecule has 2 heterocycles. The third-order valence-electron chi connectivity index (χ3n) is 4.61.